The van der Waals surface area contributed by atoms with Gasteiger partial charge in [-0.3, -0.25) is 4.98 Å². The standard InChI is InChI=1S/C14H24N4OSi/c1-11(15)13-14-12(5-6-16-13)9-17-18(14)10-19-7-8-20(2,3)4/h5-6,9,11H,7-8,10,15H2,1-4H3/t11-/m1/s1. The fourth-order valence-corrected chi connectivity index (χ4v) is 2.78. The molecule has 1 atom stereocenters. The topological polar surface area (TPSA) is 66.0 Å². The van der Waals surface area contributed by atoms with Crippen molar-refractivity contribution in [3.63, 3.8) is 0 Å². The van der Waals surface area contributed by atoms with Gasteiger partial charge in [0, 0.05) is 32.3 Å². The third kappa shape index (κ3) is 3.65. The second-order valence-electron chi connectivity index (χ2n) is 6.41. The van der Waals surface area contributed by atoms with E-state index in [1.165, 1.54) is 0 Å². The maximum absolute atomic E-state index is 5.98. The van der Waals surface area contributed by atoms with Gasteiger partial charge < -0.3 is 10.5 Å². The van der Waals surface area contributed by atoms with Gasteiger partial charge in [0.15, 0.2) is 0 Å². The number of hydrogen-bond acceptors (Lipinski definition) is 4. The average molecular weight is 292 g/mol. The summed E-state index contributed by atoms with van der Waals surface area (Å²) in [5.41, 5.74) is 7.83. The number of aromatic nitrogens is 3. The van der Waals surface area contributed by atoms with Gasteiger partial charge in [-0.05, 0) is 19.0 Å². The molecule has 2 heterocycles. The maximum Gasteiger partial charge on any atom is 0.140 e. The van der Waals surface area contributed by atoms with E-state index >= 15 is 0 Å². The molecule has 0 spiro atoms. The van der Waals surface area contributed by atoms with Crippen molar-refractivity contribution in [3.8, 4) is 0 Å². The van der Waals surface area contributed by atoms with Crippen LogP contribution in [0, 0.1) is 0 Å². The van der Waals surface area contributed by atoms with Crippen LogP contribution in [0.5, 0.6) is 0 Å². The van der Waals surface area contributed by atoms with Crippen LogP contribution in [0.2, 0.25) is 25.7 Å². The van der Waals surface area contributed by atoms with Crippen LogP contribution in [0.3, 0.4) is 0 Å². The Morgan fingerprint density at radius 2 is 2.15 bits per heavy atom. The molecule has 0 amide bonds. The summed E-state index contributed by atoms with van der Waals surface area (Å²) in [5.74, 6) is 0. The predicted molar refractivity (Wildman–Crippen MR) is 84.2 cm³/mol. The number of rotatable bonds is 6. The summed E-state index contributed by atoms with van der Waals surface area (Å²) in [6.07, 6.45) is 3.61. The van der Waals surface area contributed by atoms with Gasteiger partial charge in [-0.2, -0.15) is 5.10 Å². The van der Waals surface area contributed by atoms with Crippen LogP contribution in [-0.4, -0.2) is 29.4 Å². The minimum absolute atomic E-state index is 0.115. The molecule has 110 valence electrons. The quantitative estimate of drug-likeness (QED) is 0.657. The Morgan fingerprint density at radius 1 is 1.40 bits per heavy atom. The molecule has 0 unspecified atom stereocenters. The van der Waals surface area contributed by atoms with Gasteiger partial charge in [-0.15, -0.1) is 0 Å². The van der Waals surface area contributed by atoms with Gasteiger partial charge >= 0.3 is 0 Å². The maximum atomic E-state index is 5.98. The van der Waals surface area contributed by atoms with Crippen LogP contribution in [0.1, 0.15) is 18.7 Å². The summed E-state index contributed by atoms with van der Waals surface area (Å²) in [5, 5.41) is 5.44. The Hall–Kier alpha value is -1.24. The van der Waals surface area contributed by atoms with Crippen LogP contribution in [0.4, 0.5) is 0 Å². The highest BCUT2D eigenvalue weighted by Crippen LogP contribution is 2.20. The molecule has 6 heteroatoms. The molecule has 0 aliphatic carbocycles. The summed E-state index contributed by atoms with van der Waals surface area (Å²) in [7, 11) is -1.05. The molecule has 20 heavy (non-hydrogen) atoms. The highest BCUT2D eigenvalue weighted by Gasteiger charge is 2.14. The van der Waals surface area contributed by atoms with E-state index in [0.29, 0.717) is 6.73 Å². The van der Waals surface area contributed by atoms with Crippen molar-refractivity contribution in [1.82, 2.24) is 14.8 Å². The summed E-state index contributed by atoms with van der Waals surface area (Å²) in [6, 6.07) is 2.99. The van der Waals surface area contributed by atoms with Crippen molar-refractivity contribution in [2.75, 3.05) is 6.61 Å². The molecule has 0 aliphatic heterocycles. The van der Waals surface area contributed by atoms with Crippen LogP contribution >= 0.6 is 0 Å². The van der Waals surface area contributed by atoms with Crippen molar-refractivity contribution in [2.24, 2.45) is 5.73 Å². The fraction of sp³-hybridized carbons (Fsp3) is 0.571. The summed E-state index contributed by atoms with van der Waals surface area (Å²) >= 11 is 0. The molecule has 0 saturated carbocycles. The molecule has 0 fully saturated rings. The first kappa shape index (κ1) is 15.2. The monoisotopic (exact) mass is 292 g/mol. The second kappa shape index (κ2) is 6.03. The van der Waals surface area contributed by atoms with E-state index < -0.39 is 8.07 Å². The van der Waals surface area contributed by atoms with Gasteiger partial charge in [-0.1, -0.05) is 19.6 Å². The molecule has 2 rings (SSSR count). The van der Waals surface area contributed by atoms with Gasteiger partial charge in [0.05, 0.1) is 17.4 Å². The summed E-state index contributed by atoms with van der Waals surface area (Å²) < 4.78 is 7.62. The van der Waals surface area contributed by atoms with Crippen molar-refractivity contribution >= 4 is 19.0 Å². The molecule has 0 bridgehead atoms. The number of hydrogen-bond donors (Lipinski definition) is 1. The summed E-state index contributed by atoms with van der Waals surface area (Å²) in [6.45, 7) is 10.2. The lowest BCUT2D eigenvalue weighted by molar-refractivity contribution is 0.0815. The average Bonchev–Trinajstić information content (AvgIpc) is 2.76. The molecule has 0 aromatic carbocycles. The molecule has 2 N–H and O–H groups in total. The van der Waals surface area contributed by atoms with E-state index in [1.54, 1.807) is 6.20 Å². The van der Waals surface area contributed by atoms with Crippen LogP contribution < -0.4 is 5.73 Å². The van der Waals surface area contributed by atoms with Gasteiger partial charge in [-0.25, -0.2) is 4.68 Å². The Balaban J connectivity index is 2.11. The normalized spacial score (nSPS) is 13.8. The highest BCUT2D eigenvalue weighted by atomic mass is 28.3. The van der Waals surface area contributed by atoms with Crippen molar-refractivity contribution in [3.05, 3.63) is 24.2 Å². The third-order valence-corrected chi connectivity index (χ3v) is 4.92. The van der Waals surface area contributed by atoms with Gasteiger partial charge in [0.1, 0.15) is 6.73 Å². The lowest BCUT2D eigenvalue weighted by Crippen LogP contribution is -2.22. The Kier molecular flexibility index (Phi) is 4.57. The third-order valence-electron chi connectivity index (χ3n) is 3.22. The second-order valence-corrected chi connectivity index (χ2v) is 12.0. The molecule has 0 radical (unpaired) electrons. The molecular formula is C14H24N4OSi. The minimum atomic E-state index is -1.05. The molecule has 2 aromatic rings. The number of nitrogens with zero attached hydrogens (tertiary/aromatic N) is 3. The van der Waals surface area contributed by atoms with Gasteiger partial charge in [0.25, 0.3) is 0 Å². The van der Waals surface area contributed by atoms with Crippen LogP contribution in [-0.2, 0) is 11.5 Å². The lowest BCUT2D eigenvalue weighted by atomic mass is 10.2. The molecule has 2 aromatic heterocycles. The fourth-order valence-electron chi connectivity index (χ4n) is 2.02. The van der Waals surface area contributed by atoms with E-state index in [1.807, 2.05) is 23.9 Å². The number of nitrogens with two attached hydrogens (primary N) is 1. The number of ether oxygens (including phenoxy) is 1. The zero-order chi connectivity index (χ0) is 14.8. The van der Waals surface area contributed by atoms with E-state index in [9.17, 15) is 0 Å². The van der Waals surface area contributed by atoms with E-state index in [0.717, 1.165) is 29.2 Å². The molecule has 0 saturated heterocycles. The predicted octanol–water partition coefficient (Wildman–Crippen LogP) is 2.76. The SMILES string of the molecule is C[C@@H](N)c1nccc2cnn(COCC[Si](C)(C)C)c12. The van der Waals surface area contributed by atoms with Crippen LogP contribution in [0.15, 0.2) is 18.5 Å². The molecule has 0 aliphatic rings. The van der Waals surface area contributed by atoms with E-state index in [2.05, 4.69) is 29.7 Å². The van der Waals surface area contributed by atoms with Crippen molar-refractivity contribution in [1.29, 1.82) is 0 Å². The number of pyridine rings is 1. The highest BCUT2D eigenvalue weighted by molar-refractivity contribution is 6.76. The molecule has 5 nitrogen and oxygen atoms in total. The first-order valence-corrected chi connectivity index (χ1v) is 10.7. The lowest BCUT2D eigenvalue weighted by Gasteiger charge is -2.16. The molecular weight excluding hydrogens is 268 g/mol. The smallest absolute Gasteiger partial charge is 0.140 e. The van der Waals surface area contributed by atoms with Gasteiger partial charge in [0.2, 0.25) is 0 Å². The Bertz CT molecular complexity index is 574. The van der Waals surface area contributed by atoms with Crippen molar-refractivity contribution in [2.45, 2.75) is 45.4 Å². The first-order chi connectivity index (χ1) is 9.38. The largest absolute Gasteiger partial charge is 0.360 e. The Morgan fingerprint density at radius 3 is 2.80 bits per heavy atom. The van der Waals surface area contributed by atoms with E-state index in [-0.39, 0.29) is 6.04 Å². The zero-order valence-corrected chi connectivity index (χ0v) is 13.8. The zero-order valence-electron chi connectivity index (χ0n) is 12.8. The van der Waals surface area contributed by atoms with E-state index in [4.69, 9.17) is 10.5 Å². The minimum Gasteiger partial charge on any atom is -0.360 e. The number of fused-ring (bicyclic) bond motifs is 1. The first-order valence-electron chi connectivity index (χ1n) is 7.02. The Labute approximate surface area is 121 Å². The summed E-state index contributed by atoms with van der Waals surface area (Å²) in [4.78, 5) is 4.37. The van der Waals surface area contributed by atoms with Crippen LogP contribution in [0.25, 0.3) is 10.9 Å². The van der Waals surface area contributed by atoms with Crippen molar-refractivity contribution < 1.29 is 4.74 Å².